The molecule has 0 amide bonds. The SMILES string of the molecule is N[C@@]1(CO)CC[C@@H](c2ccc(CCCc3ccccc3)cc2)C1. The van der Waals surface area contributed by atoms with Crippen LogP contribution < -0.4 is 5.73 Å². The van der Waals surface area contributed by atoms with Crippen LogP contribution in [0.1, 0.15) is 48.3 Å². The molecule has 0 saturated heterocycles. The summed E-state index contributed by atoms with van der Waals surface area (Å²) in [6, 6.07) is 19.7. The Morgan fingerprint density at radius 2 is 1.61 bits per heavy atom. The highest BCUT2D eigenvalue weighted by molar-refractivity contribution is 5.27. The molecule has 2 nitrogen and oxygen atoms in total. The summed E-state index contributed by atoms with van der Waals surface area (Å²) in [5.41, 5.74) is 10.0. The summed E-state index contributed by atoms with van der Waals surface area (Å²) in [6.45, 7) is 0.0983. The number of aliphatic hydroxyl groups excluding tert-OH is 1. The standard InChI is InChI=1S/C21H27NO/c22-21(16-23)14-13-20(15-21)19-11-9-18(10-12-19)8-4-7-17-5-2-1-3-6-17/h1-3,5-6,9-12,20,23H,4,7-8,13-16,22H2/t20-,21+/m1/s1. The maximum absolute atomic E-state index is 9.40. The normalized spacial score (nSPS) is 24.0. The molecule has 1 aliphatic carbocycles. The van der Waals surface area contributed by atoms with E-state index in [-0.39, 0.29) is 12.1 Å². The first-order valence-corrected chi connectivity index (χ1v) is 8.71. The first-order valence-electron chi connectivity index (χ1n) is 8.71. The smallest absolute Gasteiger partial charge is 0.0611 e. The van der Waals surface area contributed by atoms with E-state index in [4.69, 9.17) is 5.73 Å². The zero-order valence-electron chi connectivity index (χ0n) is 13.7. The van der Waals surface area contributed by atoms with Crippen molar-refractivity contribution >= 4 is 0 Å². The van der Waals surface area contributed by atoms with Gasteiger partial charge in [0, 0.05) is 5.54 Å². The fourth-order valence-electron chi connectivity index (χ4n) is 3.68. The molecule has 1 saturated carbocycles. The molecule has 0 aliphatic heterocycles. The number of aliphatic hydroxyl groups is 1. The highest BCUT2D eigenvalue weighted by Crippen LogP contribution is 2.39. The zero-order chi connectivity index (χ0) is 16.1. The van der Waals surface area contributed by atoms with Gasteiger partial charge in [0.15, 0.2) is 0 Å². The molecular weight excluding hydrogens is 282 g/mol. The van der Waals surface area contributed by atoms with Crippen molar-refractivity contribution in [3.8, 4) is 0 Å². The minimum absolute atomic E-state index is 0.0983. The molecule has 0 unspecified atom stereocenters. The molecular formula is C21H27NO. The molecule has 0 spiro atoms. The Hall–Kier alpha value is -1.64. The van der Waals surface area contributed by atoms with Gasteiger partial charge in [0.25, 0.3) is 0 Å². The van der Waals surface area contributed by atoms with E-state index in [0.717, 1.165) is 32.1 Å². The molecule has 23 heavy (non-hydrogen) atoms. The summed E-state index contributed by atoms with van der Waals surface area (Å²) in [4.78, 5) is 0. The topological polar surface area (TPSA) is 46.2 Å². The van der Waals surface area contributed by atoms with Crippen LogP contribution in [-0.2, 0) is 12.8 Å². The van der Waals surface area contributed by atoms with Gasteiger partial charge in [-0.3, -0.25) is 0 Å². The maximum Gasteiger partial charge on any atom is 0.0611 e. The lowest BCUT2D eigenvalue weighted by molar-refractivity contribution is 0.198. The van der Waals surface area contributed by atoms with Gasteiger partial charge in [-0.2, -0.15) is 0 Å². The van der Waals surface area contributed by atoms with Gasteiger partial charge in [-0.1, -0.05) is 54.6 Å². The Morgan fingerprint density at radius 1 is 0.957 bits per heavy atom. The van der Waals surface area contributed by atoms with Crippen molar-refractivity contribution in [3.63, 3.8) is 0 Å². The molecule has 3 rings (SSSR count). The van der Waals surface area contributed by atoms with E-state index in [1.165, 1.54) is 23.1 Å². The predicted molar refractivity (Wildman–Crippen MR) is 95.5 cm³/mol. The fourth-order valence-corrected chi connectivity index (χ4v) is 3.68. The van der Waals surface area contributed by atoms with E-state index < -0.39 is 0 Å². The number of nitrogens with two attached hydrogens (primary N) is 1. The second-order valence-corrected chi connectivity index (χ2v) is 7.04. The van der Waals surface area contributed by atoms with Gasteiger partial charge < -0.3 is 10.8 Å². The van der Waals surface area contributed by atoms with E-state index in [2.05, 4.69) is 54.6 Å². The van der Waals surface area contributed by atoms with Crippen molar-refractivity contribution in [2.45, 2.75) is 50.0 Å². The quantitative estimate of drug-likeness (QED) is 0.852. The second-order valence-electron chi connectivity index (χ2n) is 7.04. The molecule has 2 aromatic rings. The minimum atomic E-state index is -0.362. The number of hydrogen-bond acceptors (Lipinski definition) is 2. The molecule has 2 heteroatoms. The van der Waals surface area contributed by atoms with Crippen molar-refractivity contribution in [2.24, 2.45) is 5.73 Å². The van der Waals surface area contributed by atoms with Crippen molar-refractivity contribution in [1.82, 2.24) is 0 Å². The van der Waals surface area contributed by atoms with E-state index >= 15 is 0 Å². The highest BCUT2D eigenvalue weighted by Gasteiger charge is 2.35. The Balaban J connectivity index is 1.51. The van der Waals surface area contributed by atoms with Crippen molar-refractivity contribution in [1.29, 1.82) is 0 Å². The van der Waals surface area contributed by atoms with Crippen molar-refractivity contribution in [3.05, 3.63) is 71.3 Å². The Bertz CT molecular complexity index is 607. The van der Waals surface area contributed by atoms with Gasteiger partial charge in [-0.15, -0.1) is 0 Å². The molecule has 2 aromatic carbocycles. The lowest BCUT2D eigenvalue weighted by Gasteiger charge is -2.21. The van der Waals surface area contributed by atoms with Crippen LogP contribution in [-0.4, -0.2) is 17.3 Å². The van der Waals surface area contributed by atoms with Crippen LogP contribution >= 0.6 is 0 Å². The van der Waals surface area contributed by atoms with Crippen LogP contribution in [0.25, 0.3) is 0 Å². The molecule has 122 valence electrons. The van der Waals surface area contributed by atoms with E-state index in [1.807, 2.05) is 0 Å². The molecule has 3 N–H and O–H groups in total. The number of hydrogen-bond donors (Lipinski definition) is 2. The van der Waals surface area contributed by atoms with Gasteiger partial charge in [-0.05, 0) is 61.1 Å². The van der Waals surface area contributed by atoms with Gasteiger partial charge >= 0.3 is 0 Å². The Morgan fingerprint density at radius 3 is 2.22 bits per heavy atom. The largest absolute Gasteiger partial charge is 0.394 e. The minimum Gasteiger partial charge on any atom is -0.394 e. The highest BCUT2D eigenvalue weighted by atomic mass is 16.3. The van der Waals surface area contributed by atoms with Gasteiger partial charge in [0.05, 0.1) is 6.61 Å². The van der Waals surface area contributed by atoms with Crippen LogP contribution in [0.15, 0.2) is 54.6 Å². The van der Waals surface area contributed by atoms with Crippen LogP contribution in [0.4, 0.5) is 0 Å². The third-order valence-electron chi connectivity index (χ3n) is 5.18. The fraction of sp³-hybridized carbons (Fsp3) is 0.429. The number of aryl methyl sites for hydroxylation is 2. The summed E-state index contributed by atoms with van der Waals surface area (Å²) < 4.78 is 0. The molecule has 0 heterocycles. The summed E-state index contributed by atoms with van der Waals surface area (Å²) in [7, 11) is 0. The average Bonchev–Trinajstić information content (AvgIpc) is 3.00. The average molecular weight is 309 g/mol. The Labute approximate surface area is 139 Å². The van der Waals surface area contributed by atoms with Crippen molar-refractivity contribution < 1.29 is 5.11 Å². The van der Waals surface area contributed by atoms with Gasteiger partial charge in [0.2, 0.25) is 0 Å². The monoisotopic (exact) mass is 309 g/mol. The third kappa shape index (κ3) is 4.21. The molecule has 1 aliphatic rings. The molecule has 0 bridgehead atoms. The molecule has 0 radical (unpaired) electrons. The first-order chi connectivity index (χ1) is 11.2. The van der Waals surface area contributed by atoms with E-state index in [9.17, 15) is 5.11 Å². The van der Waals surface area contributed by atoms with E-state index in [1.54, 1.807) is 0 Å². The summed E-state index contributed by atoms with van der Waals surface area (Å²) in [5.74, 6) is 0.505. The summed E-state index contributed by atoms with van der Waals surface area (Å²) in [5, 5.41) is 9.40. The molecule has 0 aromatic heterocycles. The van der Waals surface area contributed by atoms with Crippen molar-refractivity contribution in [2.75, 3.05) is 6.61 Å². The van der Waals surface area contributed by atoms with E-state index in [0.29, 0.717) is 5.92 Å². The Kier molecular flexibility index (Phi) is 5.14. The molecule has 2 atom stereocenters. The zero-order valence-corrected chi connectivity index (χ0v) is 13.7. The van der Waals surface area contributed by atoms with Gasteiger partial charge in [-0.25, -0.2) is 0 Å². The number of benzene rings is 2. The maximum atomic E-state index is 9.40. The van der Waals surface area contributed by atoms with Crippen LogP contribution in [0.2, 0.25) is 0 Å². The lowest BCUT2D eigenvalue weighted by Crippen LogP contribution is -2.40. The van der Waals surface area contributed by atoms with Crippen LogP contribution in [0.3, 0.4) is 0 Å². The summed E-state index contributed by atoms with van der Waals surface area (Å²) >= 11 is 0. The predicted octanol–water partition coefficient (Wildman–Crippen LogP) is 3.82. The first kappa shape index (κ1) is 16.2. The molecule has 1 fully saturated rings. The third-order valence-corrected chi connectivity index (χ3v) is 5.18. The second kappa shape index (κ2) is 7.29. The number of rotatable bonds is 6. The summed E-state index contributed by atoms with van der Waals surface area (Å²) in [6.07, 6.45) is 6.35. The van der Waals surface area contributed by atoms with Crippen LogP contribution in [0, 0.1) is 0 Å². The van der Waals surface area contributed by atoms with Gasteiger partial charge in [0.1, 0.15) is 0 Å². The van der Waals surface area contributed by atoms with Crippen LogP contribution in [0.5, 0.6) is 0 Å². The lowest BCUT2D eigenvalue weighted by atomic mass is 9.92.